The SMILES string of the molecule is CC(C/C=N/N=C\C=C1N=C/1C#N)Nc1ccccc1. The fraction of sp³-hybridized carbons (Fsp3) is 0.200. The molecule has 1 unspecified atom stereocenters. The molecular formula is C15H15N5. The van der Waals surface area contributed by atoms with Crippen LogP contribution in [0.15, 0.2) is 57.3 Å². The van der Waals surface area contributed by atoms with Gasteiger partial charge in [-0.25, -0.2) is 4.99 Å². The minimum Gasteiger partial charge on any atom is -0.382 e. The first-order valence-electron chi connectivity index (χ1n) is 6.35. The summed E-state index contributed by atoms with van der Waals surface area (Å²) >= 11 is 0. The van der Waals surface area contributed by atoms with E-state index in [9.17, 15) is 0 Å². The van der Waals surface area contributed by atoms with Gasteiger partial charge >= 0.3 is 0 Å². The highest BCUT2D eigenvalue weighted by molar-refractivity contribution is 6.23. The Morgan fingerprint density at radius 2 is 2.15 bits per heavy atom. The lowest BCUT2D eigenvalue weighted by molar-refractivity contribution is 0.843. The number of para-hydroxylation sites is 1. The van der Waals surface area contributed by atoms with Crippen molar-refractivity contribution in [2.24, 2.45) is 15.2 Å². The summed E-state index contributed by atoms with van der Waals surface area (Å²) in [5.74, 6) is 0. The van der Waals surface area contributed by atoms with Gasteiger partial charge in [-0.1, -0.05) is 18.2 Å². The van der Waals surface area contributed by atoms with Crippen LogP contribution >= 0.6 is 0 Å². The van der Waals surface area contributed by atoms with Crippen LogP contribution in [0.3, 0.4) is 0 Å². The third-order valence-electron chi connectivity index (χ3n) is 2.62. The van der Waals surface area contributed by atoms with Crippen molar-refractivity contribution in [3.05, 3.63) is 42.1 Å². The van der Waals surface area contributed by atoms with E-state index < -0.39 is 0 Å². The average Bonchev–Trinajstić information content (AvgIpc) is 3.22. The molecule has 5 nitrogen and oxygen atoms in total. The highest BCUT2D eigenvalue weighted by atomic mass is 15.2. The first-order valence-corrected chi connectivity index (χ1v) is 6.35. The molecule has 0 radical (unpaired) electrons. The van der Waals surface area contributed by atoms with Crippen molar-refractivity contribution in [2.75, 3.05) is 5.32 Å². The van der Waals surface area contributed by atoms with Gasteiger partial charge < -0.3 is 5.32 Å². The van der Waals surface area contributed by atoms with E-state index >= 15 is 0 Å². The van der Waals surface area contributed by atoms with Crippen LogP contribution in [0.1, 0.15) is 13.3 Å². The van der Waals surface area contributed by atoms with E-state index in [1.54, 1.807) is 12.3 Å². The smallest absolute Gasteiger partial charge is 0.166 e. The van der Waals surface area contributed by atoms with Crippen LogP contribution in [-0.4, -0.2) is 24.2 Å². The van der Waals surface area contributed by atoms with Gasteiger partial charge in [-0.3, -0.25) is 0 Å². The molecule has 0 amide bonds. The lowest BCUT2D eigenvalue weighted by Crippen LogP contribution is -2.15. The normalized spacial score (nSPS) is 17.2. The number of allylic oxidation sites excluding steroid dienone is 2. The van der Waals surface area contributed by atoms with Gasteiger partial charge in [0.1, 0.15) is 11.8 Å². The number of benzene rings is 1. The van der Waals surface area contributed by atoms with Crippen LogP contribution < -0.4 is 5.32 Å². The third-order valence-corrected chi connectivity index (χ3v) is 2.62. The van der Waals surface area contributed by atoms with Crippen LogP contribution in [0.5, 0.6) is 0 Å². The van der Waals surface area contributed by atoms with Gasteiger partial charge in [-0.2, -0.15) is 15.5 Å². The second-order valence-corrected chi connectivity index (χ2v) is 4.33. The molecule has 5 heteroatoms. The number of nitriles is 1. The molecule has 0 aromatic heterocycles. The number of rotatable bonds is 6. The quantitative estimate of drug-likeness (QED) is 0.634. The second kappa shape index (κ2) is 7.00. The van der Waals surface area contributed by atoms with Crippen molar-refractivity contribution >= 4 is 23.8 Å². The summed E-state index contributed by atoms with van der Waals surface area (Å²) in [6, 6.07) is 12.3. The van der Waals surface area contributed by atoms with E-state index in [1.165, 1.54) is 6.21 Å². The van der Waals surface area contributed by atoms with Crippen molar-refractivity contribution in [1.82, 2.24) is 0 Å². The number of nitrogens with one attached hydrogen (secondary N) is 1. The van der Waals surface area contributed by atoms with Crippen LogP contribution in [0, 0.1) is 11.3 Å². The molecule has 1 aromatic rings. The zero-order valence-electron chi connectivity index (χ0n) is 11.2. The number of hydrogen-bond donors (Lipinski definition) is 1. The molecule has 1 N–H and O–H groups in total. The topological polar surface area (TPSA) is 72.9 Å². The molecule has 1 aliphatic rings. The Morgan fingerprint density at radius 3 is 2.85 bits per heavy atom. The largest absolute Gasteiger partial charge is 0.382 e. The molecule has 0 aliphatic carbocycles. The van der Waals surface area contributed by atoms with E-state index in [1.807, 2.05) is 36.4 Å². The molecule has 0 spiro atoms. The van der Waals surface area contributed by atoms with Gasteiger partial charge in [-0.05, 0) is 25.1 Å². The lowest BCUT2D eigenvalue weighted by atomic mass is 10.2. The lowest BCUT2D eigenvalue weighted by Gasteiger charge is -2.12. The van der Waals surface area contributed by atoms with E-state index in [2.05, 4.69) is 27.4 Å². The van der Waals surface area contributed by atoms with E-state index in [0.717, 1.165) is 12.1 Å². The van der Waals surface area contributed by atoms with Crippen LogP contribution in [0.2, 0.25) is 0 Å². The van der Waals surface area contributed by atoms with Crippen molar-refractivity contribution in [2.45, 2.75) is 19.4 Å². The molecule has 1 aromatic carbocycles. The number of anilines is 1. The summed E-state index contributed by atoms with van der Waals surface area (Å²) in [5.41, 5.74) is 2.25. The molecular weight excluding hydrogens is 250 g/mol. The first kappa shape index (κ1) is 13.7. The molecule has 1 heterocycles. The third kappa shape index (κ3) is 4.50. The zero-order chi connectivity index (χ0) is 14.2. The molecule has 1 atom stereocenters. The number of hydrogen-bond acceptors (Lipinski definition) is 5. The molecule has 0 saturated heterocycles. The van der Waals surface area contributed by atoms with Gasteiger partial charge in [0.2, 0.25) is 0 Å². The predicted molar refractivity (Wildman–Crippen MR) is 82.3 cm³/mol. The molecule has 0 fully saturated rings. The Labute approximate surface area is 118 Å². The molecule has 0 saturated carbocycles. The molecule has 0 bridgehead atoms. The summed E-state index contributed by atoms with van der Waals surface area (Å²) < 4.78 is 0. The highest BCUT2D eigenvalue weighted by Gasteiger charge is 2.16. The van der Waals surface area contributed by atoms with Crippen molar-refractivity contribution in [3.8, 4) is 6.07 Å². The summed E-state index contributed by atoms with van der Waals surface area (Å²) in [5, 5.41) is 19.6. The minimum atomic E-state index is 0.284. The minimum absolute atomic E-state index is 0.284. The summed E-state index contributed by atoms with van der Waals surface area (Å²) in [7, 11) is 0. The Bertz CT molecular complexity index is 605. The maximum atomic E-state index is 8.50. The Balaban J connectivity index is 1.67. The van der Waals surface area contributed by atoms with Crippen molar-refractivity contribution < 1.29 is 0 Å². The Morgan fingerprint density at radius 1 is 1.35 bits per heavy atom. The predicted octanol–water partition coefficient (Wildman–Crippen LogP) is 2.80. The molecule has 2 rings (SSSR count). The van der Waals surface area contributed by atoms with Crippen molar-refractivity contribution in [1.29, 1.82) is 5.26 Å². The van der Waals surface area contributed by atoms with Gasteiger partial charge in [0.25, 0.3) is 0 Å². The number of aliphatic imine (C=N–C) groups is 1. The van der Waals surface area contributed by atoms with E-state index in [0.29, 0.717) is 11.4 Å². The summed E-state index contributed by atoms with van der Waals surface area (Å²) in [4.78, 5) is 3.83. The van der Waals surface area contributed by atoms with Crippen LogP contribution in [0.4, 0.5) is 5.69 Å². The van der Waals surface area contributed by atoms with Crippen LogP contribution in [0.25, 0.3) is 0 Å². The van der Waals surface area contributed by atoms with Gasteiger partial charge in [0.15, 0.2) is 5.71 Å². The Kier molecular flexibility index (Phi) is 4.79. The zero-order valence-corrected chi connectivity index (χ0v) is 11.2. The fourth-order valence-corrected chi connectivity index (χ4v) is 1.56. The second-order valence-electron chi connectivity index (χ2n) is 4.33. The first-order chi connectivity index (χ1) is 9.79. The molecule has 20 heavy (non-hydrogen) atoms. The molecule has 100 valence electrons. The fourth-order valence-electron chi connectivity index (χ4n) is 1.56. The van der Waals surface area contributed by atoms with Crippen LogP contribution in [-0.2, 0) is 0 Å². The Hall–Kier alpha value is -2.74. The van der Waals surface area contributed by atoms with E-state index in [4.69, 9.17) is 5.26 Å². The molecule has 1 aliphatic heterocycles. The number of nitrogens with zero attached hydrogens (tertiary/aromatic N) is 4. The highest BCUT2D eigenvalue weighted by Crippen LogP contribution is 2.14. The average molecular weight is 265 g/mol. The maximum absolute atomic E-state index is 8.50. The summed E-state index contributed by atoms with van der Waals surface area (Å²) in [6.45, 7) is 2.09. The van der Waals surface area contributed by atoms with Crippen molar-refractivity contribution in [3.63, 3.8) is 0 Å². The standard InChI is InChI=1S/C15H15N5/c1-12(19-13-5-3-2-4-6-13)7-9-17-18-10-8-14-15(11-16)20-14/h2-6,8-10,12,19H,7H2,1H3/b14-8-,17-9+,18-10-. The van der Waals surface area contributed by atoms with Gasteiger partial charge in [-0.15, -0.1) is 0 Å². The summed E-state index contributed by atoms with van der Waals surface area (Å²) in [6.07, 6.45) is 5.74. The monoisotopic (exact) mass is 265 g/mol. The van der Waals surface area contributed by atoms with Gasteiger partial charge in [0, 0.05) is 24.4 Å². The van der Waals surface area contributed by atoms with Gasteiger partial charge in [0.05, 0.1) is 6.21 Å². The van der Waals surface area contributed by atoms with E-state index in [-0.39, 0.29) is 6.04 Å². The maximum Gasteiger partial charge on any atom is 0.166 e.